The van der Waals surface area contributed by atoms with Gasteiger partial charge in [0.25, 0.3) is 0 Å². The lowest BCUT2D eigenvalue weighted by Crippen LogP contribution is -2.37. The number of carbonyl (C=O) groups excluding carboxylic acids is 1. The van der Waals surface area contributed by atoms with Gasteiger partial charge in [0.1, 0.15) is 5.75 Å². The molecule has 1 amide bonds. The Morgan fingerprint density at radius 2 is 2.02 bits per heavy atom. The number of carbonyl (C=O) groups is 1. The average molecular weight is 586 g/mol. The van der Waals surface area contributed by atoms with E-state index in [9.17, 15) is 4.79 Å². The molecule has 10 heteroatoms. The van der Waals surface area contributed by atoms with Gasteiger partial charge in [0.15, 0.2) is 0 Å². The van der Waals surface area contributed by atoms with Crippen molar-refractivity contribution in [2.75, 3.05) is 63.2 Å². The van der Waals surface area contributed by atoms with Crippen LogP contribution in [0, 0.1) is 0 Å². The largest absolute Gasteiger partial charge is 0.494 e. The van der Waals surface area contributed by atoms with Crippen molar-refractivity contribution in [3.8, 4) is 17.0 Å². The number of aryl methyl sites for hydroxylation is 1. The molecule has 1 aliphatic heterocycles. The average Bonchev–Trinajstić information content (AvgIpc) is 3.54. The molecule has 2 aromatic heterocycles. The fourth-order valence-electron chi connectivity index (χ4n) is 5.67. The summed E-state index contributed by atoms with van der Waals surface area (Å²) in [6.07, 6.45) is 7.67. The fraction of sp³-hybridized carbons (Fsp3) is 0.344. The van der Waals surface area contributed by atoms with Crippen LogP contribution in [0.5, 0.6) is 5.75 Å². The maximum absolute atomic E-state index is 12.5. The van der Waals surface area contributed by atoms with Crippen molar-refractivity contribution in [2.45, 2.75) is 18.9 Å². The van der Waals surface area contributed by atoms with E-state index in [2.05, 4.69) is 89.5 Å². The number of anilines is 4. The minimum Gasteiger partial charge on any atom is -0.494 e. The van der Waals surface area contributed by atoms with Crippen molar-refractivity contribution >= 4 is 53.0 Å². The highest BCUT2D eigenvalue weighted by Crippen LogP contribution is 2.39. The van der Waals surface area contributed by atoms with Crippen molar-refractivity contribution in [3.05, 3.63) is 61.4 Å². The van der Waals surface area contributed by atoms with E-state index in [1.165, 1.54) is 12.5 Å². The van der Waals surface area contributed by atoms with Gasteiger partial charge in [-0.2, -0.15) is 0 Å². The number of ether oxygens (including phenoxy) is 1. The van der Waals surface area contributed by atoms with E-state index in [0.717, 1.165) is 52.7 Å². The van der Waals surface area contributed by atoms with Crippen LogP contribution in [-0.4, -0.2) is 79.0 Å². The van der Waals surface area contributed by atoms with Gasteiger partial charge >= 0.3 is 0 Å². The van der Waals surface area contributed by atoms with E-state index in [-0.39, 0.29) is 5.91 Å². The van der Waals surface area contributed by atoms with Crippen LogP contribution in [0.1, 0.15) is 12.8 Å². The smallest absolute Gasteiger partial charge is 0.247 e. The van der Waals surface area contributed by atoms with Gasteiger partial charge < -0.3 is 29.7 Å². The standard InChI is InChI=1S/C32H40N7O2P/c1-8-30(40)34-24-16-25(28(41-5)17-27(24)38(3)19-21-12-11-15-37(21)2)35-32-33-18-29(42(6)7)31(36-32)23-20-39(4)26-14-10-9-13-22(23)26/h8-10,13-14,16-18,20-21H,1,11-12,15,19H2,2-7H3,(H,34,40)(H,33,35,36). The monoisotopic (exact) mass is 585 g/mol. The molecule has 5 rings (SSSR count). The van der Waals surface area contributed by atoms with Gasteiger partial charge in [-0.15, -0.1) is 0 Å². The number of amides is 1. The Labute approximate surface area is 249 Å². The molecule has 220 valence electrons. The van der Waals surface area contributed by atoms with Crippen LogP contribution in [0.2, 0.25) is 0 Å². The summed E-state index contributed by atoms with van der Waals surface area (Å²) in [7, 11) is 7.45. The summed E-state index contributed by atoms with van der Waals surface area (Å²) in [5.74, 6) is 0.796. The third kappa shape index (κ3) is 5.98. The van der Waals surface area contributed by atoms with Gasteiger partial charge in [-0.3, -0.25) is 4.79 Å². The summed E-state index contributed by atoms with van der Waals surface area (Å²) in [4.78, 5) is 26.8. The van der Waals surface area contributed by atoms with Crippen LogP contribution in [0.25, 0.3) is 22.2 Å². The lowest BCUT2D eigenvalue weighted by molar-refractivity contribution is -0.111. The van der Waals surface area contributed by atoms with Crippen LogP contribution in [-0.2, 0) is 11.8 Å². The van der Waals surface area contributed by atoms with Gasteiger partial charge in [-0.1, -0.05) is 32.7 Å². The minimum absolute atomic E-state index is 0.281. The maximum atomic E-state index is 12.5. The highest BCUT2D eigenvalue weighted by Gasteiger charge is 2.25. The Bertz CT molecular complexity index is 1620. The molecule has 4 aromatic rings. The lowest BCUT2D eigenvalue weighted by atomic mass is 10.1. The van der Waals surface area contributed by atoms with Crippen molar-refractivity contribution in [3.63, 3.8) is 0 Å². The molecule has 1 saturated heterocycles. The normalized spacial score (nSPS) is 15.3. The number of hydrogen-bond acceptors (Lipinski definition) is 7. The summed E-state index contributed by atoms with van der Waals surface area (Å²) in [5.41, 5.74) is 5.31. The number of hydrogen-bond donors (Lipinski definition) is 2. The number of fused-ring (bicyclic) bond motifs is 1. The minimum atomic E-state index is -0.458. The van der Waals surface area contributed by atoms with Crippen LogP contribution in [0.15, 0.2) is 61.4 Å². The Hall–Kier alpha value is -3.94. The SMILES string of the molecule is C=CC(=O)Nc1cc(Nc2ncc(P(C)C)c(-c3cn(C)c4ccccc34)n2)c(OC)cc1N(C)CC1CCCN1C. The molecule has 9 nitrogen and oxygen atoms in total. The first-order chi connectivity index (χ1) is 20.2. The summed E-state index contributed by atoms with van der Waals surface area (Å²) in [6, 6.07) is 12.6. The lowest BCUT2D eigenvalue weighted by Gasteiger charge is -2.29. The molecule has 3 heterocycles. The van der Waals surface area contributed by atoms with Crippen LogP contribution >= 0.6 is 7.92 Å². The Kier molecular flexibility index (Phi) is 8.80. The van der Waals surface area contributed by atoms with E-state index in [1.807, 2.05) is 25.4 Å². The summed E-state index contributed by atoms with van der Waals surface area (Å²) in [5, 5.41) is 8.65. The van der Waals surface area contributed by atoms with Gasteiger partial charge in [0, 0.05) is 66.9 Å². The second-order valence-electron chi connectivity index (χ2n) is 11.0. The number of para-hydroxylation sites is 1. The maximum Gasteiger partial charge on any atom is 0.247 e. The van der Waals surface area contributed by atoms with Crippen molar-refractivity contribution in [2.24, 2.45) is 7.05 Å². The first kappa shape index (κ1) is 29.5. The fourth-order valence-corrected chi connectivity index (χ4v) is 6.55. The number of nitrogens with one attached hydrogen (secondary N) is 2. The topological polar surface area (TPSA) is 87.5 Å². The molecule has 0 spiro atoms. The molecule has 42 heavy (non-hydrogen) atoms. The van der Waals surface area contributed by atoms with E-state index in [0.29, 0.717) is 29.1 Å². The molecule has 1 unspecified atom stereocenters. The second-order valence-corrected chi connectivity index (χ2v) is 13.3. The van der Waals surface area contributed by atoms with E-state index in [4.69, 9.17) is 14.7 Å². The predicted octanol–water partition coefficient (Wildman–Crippen LogP) is 5.41. The Morgan fingerprint density at radius 1 is 1.24 bits per heavy atom. The third-order valence-electron chi connectivity index (χ3n) is 7.98. The molecule has 1 aliphatic rings. The number of nitrogens with zero attached hydrogens (tertiary/aromatic N) is 5. The molecule has 0 saturated carbocycles. The number of likely N-dealkylation sites (N-methyl/N-ethyl adjacent to an activating group) is 2. The number of methoxy groups -OCH3 is 1. The van der Waals surface area contributed by atoms with Gasteiger partial charge in [0.05, 0.1) is 29.9 Å². The van der Waals surface area contributed by atoms with Crippen molar-refractivity contribution in [1.29, 1.82) is 0 Å². The number of rotatable bonds is 10. The molecule has 1 fully saturated rings. The van der Waals surface area contributed by atoms with Gasteiger partial charge in [-0.05, 0) is 58.0 Å². The van der Waals surface area contributed by atoms with Crippen molar-refractivity contribution in [1.82, 2.24) is 19.4 Å². The predicted molar refractivity (Wildman–Crippen MR) is 176 cm³/mol. The molecular formula is C32H40N7O2P. The van der Waals surface area contributed by atoms with Crippen LogP contribution in [0.3, 0.4) is 0 Å². The van der Waals surface area contributed by atoms with Crippen LogP contribution < -0.4 is 25.6 Å². The van der Waals surface area contributed by atoms with Crippen molar-refractivity contribution < 1.29 is 9.53 Å². The summed E-state index contributed by atoms with van der Waals surface area (Å²) < 4.78 is 7.97. The summed E-state index contributed by atoms with van der Waals surface area (Å²) in [6.45, 7) is 10.0. The zero-order chi connectivity index (χ0) is 30.0. The Balaban J connectivity index is 1.55. The molecule has 0 aliphatic carbocycles. The van der Waals surface area contributed by atoms with E-state index < -0.39 is 7.92 Å². The third-order valence-corrected chi connectivity index (χ3v) is 9.27. The van der Waals surface area contributed by atoms with E-state index >= 15 is 0 Å². The molecule has 0 radical (unpaired) electrons. The van der Waals surface area contributed by atoms with Gasteiger partial charge in [-0.25, -0.2) is 9.97 Å². The Morgan fingerprint density at radius 3 is 2.71 bits per heavy atom. The first-order valence-corrected chi connectivity index (χ1v) is 16.4. The molecule has 0 bridgehead atoms. The number of benzene rings is 2. The molecule has 2 N–H and O–H groups in total. The number of aromatic nitrogens is 3. The molecule has 2 aromatic carbocycles. The highest BCUT2D eigenvalue weighted by atomic mass is 31.1. The first-order valence-electron chi connectivity index (χ1n) is 14.1. The quantitative estimate of drug-likeness (QED) is 0.190. The highest BCUT2D eigenvalue weighted by molar-refractivity contribution is 7.64. The van der Waals surface area contributed by atoms with Crippen LogP contribution in [0.4, 0.5) is 23.0 Å². The molecule has 1 atom stereocenters. The summed E-state index contributed by atoms with van der Waals surface area (Å²) >= 11 is 0. The zero-order valence-corrected chi connectivity index (χ0v) is 26.2. The molecular weight excluding hydrogens is 545 g/mol. The number of likely N-dealkylation sites (tertiary alicyclic amines) is 1. The van der Waals surface area contributed by atoms with Gasteiger partial charge in [0.2, 0.25) is 11.9 Å². The zero-order valence-electron chi connectivity index (χ0n) is 25.3. The second kappa shape index (κ2) is 12.5. The van der Waals surface area contributed by atoms with E-state index in [1.54, 1.807) is 7.11 Å².